The molecule has 1 aromatic rings. The topological polar surface area (TPSA) is 90.0 Å². The molecule has 2 rings (SSSR count). The number of sulfonamides is 1. The van der Waals surface area contributed by atoms with Crippen LogP contribution in [0.4, 0.5) is 4.79 Å². The SMILES string of the molecule is CCCC[C@@H]1OC(=O)N(S(=O)(=O)c2ccc(C)cc2)[C@H]1CC(=O)OC. The second-order valence-corrected chi connectivity index (χ2v) is 7.84. The summed E-state index contributed by atoms with van der Waals surface area (Å²) >= 11 is 0. The molecule has 1 aliphatic heterocycles. The third-order valence-corrected chi connectivity index (χ3v) is 5.99. The number of rotatable bonds is 7. The fourth-order valence-corrected chi connectivity index (χ4v) is 4.28. The molecule has 0 spiro atoms. The van der Waals surface area contributed by atoms with Crippen molar-refractivity contribution in [3.63, 3.8) is 0 Å². The minimum atomic E-state index is -4.11. The molecule has 25 heavy (non-hydrogen) atoms. The van der Waals surface area contributed by atoms with Gasteiger partial charge in [-0.2, -0.15) is 4.31 Å². The van der Waals surface area contributed by atoms with Crippen LogP contribution in [0.1, 0.15) is 38.2 Å². The van der Waals surface area contributed by atoms with Crippen molar-refractivity contribution >= 4 is 22.1 Å². The first-order chi connectivity index (χ1) is 11.8. The van der Waals surface area contributed by atoms with Crippen molar-refractivity contribution in [3.8, 4) is 0 Å². The van der Waals surface area contributed by atoms with Crippen molar-refractivity contribution in [2.45, 2.75) is 56.6 Å². The quantitative estimate of drug-likeness (QED) is 0.686. The maximum Gasteiger partial charge on any atom is 0.424 e. The van der Waals surface area contributed by atoms with Gasteiger partial charge in [-0.1, -0.05) is 31.0 Å². The summed E-state index contributed by atoms with van der Waals surface area (Å²) in [7, 11) is -2.89. The fraction of sp³-hybridized carbons (Fsp3) is 0.529. The van der Waals surface area contributed by atoms with Crippen molar-refractivity contribution < 1.29 is 27.5 Å². The fourth-order valence-electron chi connectivity index (χ4n) is 2.77. The average Bonchev–Trinajstić information content (AvgIpc) is 2.89. The molecule has 8 heteroatoms. The summed E-state index contributed by atoms with van der Waals surface area (Å²) in [5.41, 5.74) is 0.898. The van der Waals surface area contributed by atoms with Gasteiger partial charge in [-0.25, -0.2) is 13.2 Å². The third-order valence-electron chi connectivity index (χ3n) is 4.19. The van der Waals surface area contributed by atoms with Crippen molar-refractivity contribution in [2.24, 2.45) is 0 Å². The molecular formula is C17H23NO6S. The number of hydrogen-bond acceptors (Lipinski definition) is 6. The van der Waals surface area contributed by atoms with Crippen LogP contribution in [0.3, 0.4) is 0 Å². The van der Waals surface area contributed by atoms with Crippen LogP contribution in [0, 0.1) is 6.92 Å². The van der Waals surface area contributed by atoms with Crippen LogP contribution in [0.25, 0.3) is 0 Å². The van der Waals surface area contributed by atoms with Crippen molar-refractivity contribution in [1.29, 1.82) is 0 Å². The Balaban J connectivity index is 2.38. The van der Waals surface area contributed by atoms with Gasteiger partial charge in [0.05, 0.1) is 24.5 Å². The second kappa shape index (κ2) is 7.86. The number of unbranched alkanes of at least 4 members (excludes halogenated alkanes) is 1. The lowest BCUT2D eigenvalue weighted by Gasteiger charge is -2.23. The molecule has 7 nitrogen and oxygen atoms in total. The first-order valence-corrected chi connectivity index (χ1v) is 9.63. The number of esters is 1. The summed E-state index contributed by atoms with van der Waals surface area (Å²) in [4.78, 5) is 24.0. The molecule has 0 unspecified atom stereocenters. The zero-order chi connectivity index (χ0) is 18.6. The Bertz CT molecular complexity index is 728. The van der Waals surface area contributed by atoms with Gasteiger partial charge in [-0.05, 0) is 31.9 Å². The minimum Gasteiger partial charge on any atom is -0.469 e. The number of carbonyl (C=O) groups excluding carboxylic acids is 2. The molecule has 0 aliphatic carbocycles. The summed E-state index contributed by atoms with van der Waals surface area (Å²) in [5, 5.41) is 0. The molecule has 0 N–H and O–H groups in total. The van der Waals surface area contributed by atoms with Crippen LogP contribution in [0.2, 0.25) is 0 Å². The Morgan fingerprint density at radius 2 is 1.92 bits per heavy atom. The van der Waals surface area contributed by atoms with Gasteiger partial charge in [0.1, 0.15) is 6.10 Å². The van der Waals surface area contributed by atoms with E-state index in [1.807, 2.05) is 13.8 Å². The van der Waals surface area contributed by atoms with E-state index in [4.69, 9.17) is 4.74 Å². The highest BCUT2D eigenvalue weighted by Crippen LogP contribution is 2.32. The van der Waals surface area contributed by atoms with Crippen molar-refractivity contribution in [2.75, 3.05) is 7.11 Å². The van der Waals surface area contributed by atoms with Crippen LogP contribution < -0.4 is 0 Å². The summed E-state index contributed by atoms with van der Waals surface area (Å²) in [6.07, 6.45) is 0.269. The Kier molecular flexibility index (Phi) is 6.05. The van der Waals surface area contributed by atoms with Gasteiger partial charge in [0, 0.05) is 0 Å². The van der Waals surface area contributed by atoms with Gasteiger partial charge in [0.2, 0.25) is 0 Å². The zero-order valence-corrected chi connectivity index (χ0v) is 15.4. The van der Waals surface area contributed by atoms with E-state index in [1.54, 1.807) is 12.1 Å². The maximum atomic E-state index is 12.9. The Morgan fingerprint density at radius 1 is 1.28 bits per heavy atom. The molecule has 0 bridgehead atoms. The van der Waals surface area contributed by atoms with Crippen molar-refractivity contribution in [1.82, 2.24) is 4.31 Å². The molecule has 0 radical (unpaired) electrons. The number of benzene rings is 1. The normalized spacial score (nSPS) is 20.4. The van der Waals surface area contributed by atoms with Crippen LogP contribution in [-0.2, 0) is 24.3 Å². The monoisotopic (exact) mass is 369 g/mol. The van der Waals surface area contributed by atoms with Crippen molar-refractivity contribution in [3.05, 3.63) is 29.8 Å². The number of aryl methyl sites for hydroxylation is 1. The smallest absolute Gasteiger partial charge is 0.424 e. The third kappa shape index (κ3) is 4.12. The van der Waals surface area contributed by atoms with E-state index in [2.05, 4.69) is 4.74 Å². The predicted molar refractivity (Wildman–Crippen MR) is 90.4 cm³/mol. The molecule has 1 fully saturated rings. The van der Waals surface area contributed by atoms with Gasteiger partial charge >= 0.3 is 12.1 Å². The van der Waals surface area contributed by atoms with E-state index in [-0.39, 0.29) is 11.3 Å². The highest BCUT2D eigenvalue weighted by molar-refractivity contribution is 7.89. The number of ether oxygens (including phenoxy) is 2. The van der Waals surface area contributed by atoms with Gasteiger partial charge in [-0.15, -0.1) is 0 Å². The summed E-state index contributed by atoms with van der Waals surface area (Å²) < 4.78 is 36.5. The van der Waals surface area contributed by atoms with Crippen LogP contribution >= 0.6 is 0 Å². The van der Waals surface area contributed by atoms with E-state index < -0.39 is 34.2 Å². The van der Waals surface area contributed by atoms with Gasteiger partial charge in [0.25, 0.3) is 10.0 Å². The molecule has 1 aromatic carbocycles. The molecule has 2 atom stereocenters. The minimum absolute atomic E-state index is 0.0129. The number of methoxy groups -OCH3 is 1. The molecule has 1 saturated heterocycles. The van der Waals surface area contributed by atoms with E-state index in [1.165, 1.54) is 19.2 Å². The van der Waals surface area contributed by atoms with E-state index in [0.29, 0.717) is 10.7 Å². The Morgan fingerprint density at radius 3 is 2.48 bits per heavy atom. The molecule has 138 valence electrons. The average molecular weight is 369 g/mol. The number of nitrogens with zero attached hydrogens (tertiary/aromatic N) is 1. The zero-order valence-electron chi connectivity index (χ0n) is 14.6. The lowest BCUT2D eigenvalue weighted by molar-refractivity contribution is -0.141. The molecule has 1 aliphatic rings. The number of carbonyl (C=O) groups is 2. The highest BCUT2D eigenvalue weighted by Gasteiger charge is 2.49. The van der Waals surface area contributed by atoms with Gasteiger partial charge in [0.15, 0.2) is 0 Å². The first kappa shape index (κ1) is 19.2. The highest BCUT2D eigenvalue weighted by atomic mass is 32.2. The van der Waals surface area contributed by atoms with Gasteiger partial charge < -0.3 is 9.47 Å². The molecule has 1 heterocycles. The van der Waals surface area contributed by atoms with E-state index in [9.17, 15) is 18.0 Å². The van der Waals surface area contributed by atoms with E-state index in [0.717, 1.165) is 18.4 Å². The predicted octanol–water partition coefficient (Wildman–Crippen LogP) is 2.63. The second-order valence-electron chi connectivity index (χ2n) is 6.03. The number of amides is 1. The van der Waals surface area contributed by atoms with Crippen LogP contribution in [0.5, 0.6) is 0 Å². The lowest BCUT2D eigenvalue weighted by atomic mass is 10.0. The summed E-state index contributed by atoms with van der Waals surface area (Å²) in [5.74, 6) is -0.589. The van der Waals surface area contributed by atoms with Crippen LogP contribution in [-0.4, -0.2) is 44.0 Å². The Hall–Kier alpha value is -2.09. The summed E-state index contributed by atoms with van der Waals surface area (Å²) in [6, 6.07) is 5.27. The Labute approximate surface area is 148 Å². The van der Waals surface area contributed by atoms with Gasteiger partial charge in [-0.3, -0.25) is 4.79 Å². The molecular weight excluding hydrogens is 346 g/mol. The molecule has 0 aromatic heterocycles. The number of cyclic esters (lactones) is 1. The lowest BCUT2D eigenvalue weighted by Crippen LogP contribution is -2.42. The number of hydrogen-bond donors (Lipinski definition) is 0. The van der Waals surface area contributed by atoms with Crippen LogP contribution in [0.15, 0.2) is 29.2 Å². The molecule has 0 saturated carbocycles. The van der Waals surface area contributed by atoms with E-state index >= 15 is 0 Å². The largest absolute Gasteiger partial charge is 0.469 e. The maximum absolute atomic E-state index is 12.9. The molecule has 1 amide bonds. The summed E-state index contributed by atoms with van der Waals surface area (Å²) in [6.45, 7) is 3.81. The standard InChI is InChI=1S/C17H23NO6S/c1-4-5-6-15-14(11-16(19)23-3)18(17(20)24-15)25(21,22)13-9-7-12(2)8-10-13/h7-10,14-15H,4-6,11H2,1-3H3/t14-,15-/m0/s1. The first-order valence-electron chi connectivity index (χ1n) is 8.19.